The summed E-state index contributed by atoms with van der Waals surface area (Å²) in [4.78, 5) is 16.1. The number of nitrogens with zero attached hydrogens (tertiary/aromatic N) is 1. The predicted octanol–water partition coefficient (Wildman–Crippen LogP) is 2.79. The van der Waals surface area contributed by atoms with Crippen LogP contribution < -0.4 is 5.32 Å². The fourth-order valence-electron chi connectivity index (χ4n) is 1.33. The van der Waals surface area contributed by atoms with Crippen molar-refractivity contribution in [1.82, 2.24) is 10.3 Å². The summed E-state index contributed by atoms with van der Waals surface area (Å²) in [5, 5.41) is 3.03. The number of pyridine rings is 1. The van der Waals surface area contributed by atoms with E-state index >= 15 is 0 Å². The van der Waals surface area contributed by atoms with Crippen molar-refractivity contribution in [3.05, 3.63) is 28.5 Å². The molecule has 1 aromatic heterocycles. The van der Waals surface area contributed by atoms with Crippen LogP contribution in [-0.4, -0.2) is 17.4 Å². The maximum atomic E-state index is 11.9. The topological polar surface area (TPSA) is 42.0 Å². The lowest BCUT2D eigenvalue weighted by Crippen LogP contribution is -2.24. The number of amides is 1. The number of aromatic nitrogens is 1. The summed E-state index contributed by atoms with van der Waals surface area (Å²) in [6.07, 6.45) is 0. The molecule has 4 heteroatoms. The van der Waals surface area contributed by atoms with Gasteiger partial charge in [-0.1, -0.05) is 38.3 Å². The first-order chi connectivity index (χ1) is 8.34. The minimum absolute atomic E-state index is 0.150. The first-order valence-corrected chi connectivity index (χ1v) is 6.08. The summed E-state index contributed by atoms with van der Waals surface area (Å²) in [6.45, 7) is 8.13. The number of nitrogens with one attached hydrogen (secondary N) is 1. The van der Waals surface area contributed by atoms with Crippen LogP contribution in [-0.2, 0) is 5.41 Å². The standard InChI is InChI=1S/C14H17ClN2O/c1-5-6-7-16-13(18)10-8-11(14(2,3)4)17-12(15)9-10/h8-9H,7H2,1-4H3,(H,16,18). The Hall–Kier alpha value is -1.53. The Morgan fingerprint density at radius 3 is 2.67 bits per heavy atom. The van der Waals surface area contributed by atoms with Crippen LogP contribution in [0, 0.1) is 11.8 Å². The third-order valence-electron chi connectivity index (χ3n) is 2.34. The highest BCUT2D eigenvalue weighted by molar-refractivity contribution is 6.29. The number of hydrogen-bond donors (Lipinski definition) is 1. The summed E-state index contributed by atoms with van der Waals surface area (Å²) < 4.78 is 0. The SMILES string of the molecule is CC#CCNC(=O)c1cc(Cl)nc(C(C)(C)C)c1. The smallest absolute Gasteiger partial charge is 0.252 e. The Kier molecular flexibility index (Phi) is 4.75. The van der Waals surface area contributed by atoms with Crippen LogP contribution in [0.15, 0.2) is 12.1 Å². The fourth-order valence-corrected chi connectivity index (χ4v) is 1.54. The third-order valence-corrected chi connectivity index (χ3v) is 2.53. The fraction of sp³-hybridized carbons (Fsp3) is 0.429. The molecule has 3 nitrogen and oxygen atoms in total. The van der Waals surface area contributed by atoms with E-state index in [2.05, 4.69) is 22.1 Å². The molecule has 1 N–H and O–H groups in total. The Morgan fingerprint density at radius 2 is 2.11 bits per heavy atom. The van der Waals surface area contributed by atoms with Gasteiger partial charge in [-0.2, -0.15) is 0 Å². The van der Waals surface area contributed by atoms with Crippen molar-refractivity contribution in [2.45, 2.75) is 33.1 Å². The number of carbonyl (C=O) groups excluding carboxylic acids is 1. The van der Waals surface area contributed by atoms with E-state index in [-0.39, 0.29) is 11.3 Å². The van der Waals surface area contributed by atoms with Crippen molar-refractivity contribution in [3.8, 4) is 11.8 Å². The van der Waals surface area contributed by atoms with E-state index in [0.717, 1.165) is 5.69 Å². The van der Waals surface area contributed by atoms with E-state index < -0.39 is 0 Å². The molecule has 0 atom stereocenters. The first kappa shape index (κ1) is 14.5. The minimum atomic E-state index is -0.187. The lowest BCUT2D eigenvalue weighted by molar-refractivity contribution is 0.0958. The maximum Gasteiger partial charge on any atom is 0.252 e. The Labute approximate surface area is 113 Å². The highest BCUT2D eigenvalue weighted by Gasteiger charge is 2.18. The van der Waals surface area contributed by atoms with Gasteiger partial charge >= 0.3 is 0 Å². The van der Waals surface area contributed by atoms with Crippen LogP contribution >= 0.6 is 11.6 Å². The van der Waals surface area contributed by atoms with Crippen LogP contribution in [0.4, 0.5) is 0 Å². The van der Waals surface area contributed by atoms with Crippen LogP contribution in [0.5, 0.6) is 0 Å². The molecule has 0 bridgehead atoms. The van der Waals surface area contributed by atoms with Gasteiger partial charge < -0.3 is 5.32 Å². The second kappa shape index (κ2) is 5.88. The summed E-state index contributed by atoms with van der Waals surface area (Å²) >= 11 is 5.94. The van der Waals surface area contributed by atoms with E-state index in [1.54, 1.807) is 19.1 Å². The van der Waals surface area contributed by atoms with Gasteiger partial charge in [-0.25, -0.2) is 4.98 Å². The van der Waals surface area contributed by atoms with Gasteiger partial charge in [-0.05, 0) is 19.1 Å². The van der Waals surface area contributed by atoms with Crippen LogP contribution in [0.2, 0.25) is 5.15 Å². The van der Waals surface area contributed by atoms with Crippen LogP contribution in [0.3, 0.4) is 0 Å². The zero-order valence-corrected chi connectivity index (χ0v) is 11.9. The monoisotopic (exact) mass is 264 g/mol. The molecule has 0 aliphatic rings. The zero-order chi connectivity index (χ0) is 13.8. The molecule has 0 aliphatic carbocycles. The number of hydrogen-bond acceptors (Lipinski definition) is 2. The second-order valence-electron chi connectivity index (χ2n) is 4.92. The van der Waals surface area contributed by atoms with Gasteiger partial charge in [0.2, 0.25) is 0 Å². The molecule has 0 spiro atoms. The van der Waals surface area contributed by atoms with Gasteiger partial charge in [0.25, 0.3) is 5.91 Å². The molecule has 1 heterocycles. The van der Waals surface area contributed by atoms with Gasteiger partial charge in [0, 0.05) is 16.7 Å². The van der Waals surface area contributed by atoms with Gasteiger partial charge in [-0.15, -0.1) is 5.92 Å². The van der Waals surface area contributed by atoms with Gasteiger partial charge in [0.15, 0.2) is 0 Å². The number of carbonyl (C=O) groups is 1. The van der Waals surface area contributed by atoms with E-state index in [1.165, 1.54) is 0 Å². The van der Waals surface area contributed by atoms with Crippen molar-refractivity contribution in [3.63, 3.8) is 0 Å². The second-order valence-corrected chi connectivity index (χ2v) is 5.31. The summed E-state index contributed by atoms with van der Waals surface area (Å²) in [6, 6.07) is 3.33. The summed E-state index contributed by atoms with van der Waals surface area (Å²) in [7, 11) is 0. The van der Waals surface area contributed by atoms with Crippen molar-refractivity contribution >= 4 is 17.5 Å². The van der Waals surface area contributed by atoms with Crippen LogP contribution in [0.1, 0.15) is 43.7 Å². The number of halogens is 1. The first-order valence-electron chi connectivity index (χ1n) is 5.70. The highest BCUT2D eigenvalue weighted by Crippen LogP contribution is 2.23. The van der Waals surface area contributed by atoms with Gasteiger partial charge in [-0.3, -0.25) is 4.79 Å². The largest absolute Gasteiger partial charge is 0.341 e. The van der Waals surface area contributed by atoms with Crippen molar-refractivity contribution in [2.24, 2.45) is 0 Å². The highest BCUT2D eigenvalue weighted by atomic mass is 35.5. The minimum Gasteiger partial charge on any atom is -0.341 e. The third kappa shape index (κ3) is 4.05. The Bertz CT molecular complexity index is 507. The normalized spacial score (nSPS) is 10.5. The molecule has 0 fully saturated rings. The molecule has 0 aliphatic heterocycles. The molecular formula is C14H17ClN2O. The van der Waals surface area contributed by atoms with E-state index in [4.69, 9.17) is 11.6 Å². The predicted molar refractivity (Wildman–Crippen MR) is 73.7 cm³/mol. The van der Waals surface area contributed by atoms with Crippen molar-refractivity contribution < 1.29 is 4.79 Å². The van der Waals surface area contributed by atoms with Crippen LogP contribution in [0.25, 0.3) is 0 Å². The molecule has 96 valence electrons. The summed E-state index contributed by atoms with van der Waals surface area (Å²) in [5.41, 5.74) is 1.16. The lowest BCUT2D eigenvalue weighted by atomic mass is 9.91. The van der Waals surface area contributed by atoms with E-state index in [9.17, 15) is 4.79 Å². The molecule has 0 saturated carbocycles. The van der Waals surface area contributed by atoms with Gasteiger partial charge in [0.1, 0.15) is 5.15 Å². The van der Waals surface area contributed by atoms with E-state index in [1.807, 2.05) is 20.8 Å². The Balaban J connectivity index is 2.98. The molecule has 1 rings (SSSR count). The lowest BCUT2D eigenvalue weighted by Gasteiger charge is -2.18. The Morgan fingerprint density at radius 1 is 1.44 bits per heavy atom. The van der Waals surface area contributed by atoms with Gasteiger partial charge in [0.05, 0.1) is 6.54 Å². The molecule has 1 aromatic rings. The molecular weight excluding hydrogens is 248 g/mol. The van der Waals surface area contributed by atoms with E-state index in [0.29, 0.717) is 17.3 Å². The average molecular weight is 265 g/mol. The number of rotatable bonds is 2. The maximum absolute atomic E-state index is 11.9. The molecule has 0 radical (unpaired) electrons. The molecule has 18 heavy (non-hydrogen) atoms. The zero-order valence-electron chi connectivity index (χ0n) is 11.1. The quantitative estimate of drug-likeness (QED) is 0.659. The summed E-state index contributed by atoms with van der Waals surface area (Å²) in [5.74, 6) is 5.31. The average Bonchev–Trinajstić information content (AvgIpc) is 2.27. The molecule has 1 amide bonds. The molecule has 0 saturated heterocycles. The molecule has 0 aromatic carbocycles. The van der Waals surface area contributed by atoms with Crippen molar-refractivity contribution in [2.75, 3.05) is 6.54 Å². The molecule has 0 unspecified atom stereocenters. The van der Waals surface area contributed by atoms with Crippen molar-refractivity contribution in [1.29, 1.82) is 0 Å².